The molecule has 0 unspecified atom stereocenters. The van der Waals surface area contributed by atoms with Crippen molar-refractivity contribution in [2.75, 3.05) is 30.9 Å². The van der Waals surface area contributed by atoms with E-state index in [-0.39, 0.29) is 17.7 Å². The van der Waals surface area contributed by atoms with Crippen LogP contribution in [0, 0.1) is 11.8 Å². The molecule has 0 bridgehead atoms. The number of carbonyl (C=O) groups is 2. The molecule has 0 radical (unpaired) electrons. The molecule has 1 aliphatic carbocycles. The first-order valence-electron chi connectivity index (χ1n) is 7.32. The zero-order valence-electron chi connectivity index (χ0n) is 12.8. The second kappa shape index (κ2) is 6.61. The summed E-state index contributed by atoms with van der Waals surface area (Å²) in [5.41, 5.74) is 1.85. The first-order valence-corrected chi connectivity index (χ1v) is 7.32. The van der Waals surface area contributed by atoms with Crippen molar-refractivity contribution in [3.8, 4) is 0 Å². The third kappa shape index (κ3) is 4.48. The van der Waals surface area contributed by atoms with Gasteiger partial charge in [0.05, 0.1) is 0 Å². The lowest BCUT2D eigenvalue weighted by Crippen LogP contribution is -2.29. The van der Waals surface area contributed by atoms with Crippen LogP contribution in [0.2, 0.25) is 0 Å². The van der Waals surface area contributed by atoms with Gasteiger partial charge in [-0.1, -0.05) is 6.92 Å². The van der Waals surface area contributed by atoms with Gasteiger partial charge in [-0.25, -0.2) is 0 Å². The second-order valence-electron chi connectivity index (χ2n) is 5.85. The number of nitrogens with zero attached hydrogens (tertiary/aromatic N) is 1. The van der Waals surface area contributed by atoms with Crippen molar-refractivity contribution in [1.82, 2.24) is 5.32 Å². The van der Waals surface area contributed by atoms with Crippen molar-refractivity contribution in [3.05, 3.63) is 24.3 Å². The first kappa shape index (κ1) is 15.4. The highest BCUT2D eigenvalue weighted by Gasteiger charge is 2.38. The highest BCUT2D eigenvalue weighted by atomic mass is 16.2. The summed E-state index contributed by atoms with van der Waals surface area (Å²) in [5.74, 6) is 0.642. The van der Waals surface area contributed by atoms with Crippen molar-refractivity contribution in [3.63, 3.8) is 0 Å². The Labute approximate surface area is 125 Å². The summed E-state index contributed by atoms with van der Waals surface area (Å²) in [7, 11) is 3.94. The van der Waals surface area contributed by atoms with E-state index in [0.29, 0.717) is 18.9 Å². The van der Waals surface area contributed by atoms with E-state index in [9.17, 15) is 9.59 Å². The summed E-state index contributed by atoms with van der Waals surface area (Å²) < 4.78 is 0. The van der Waals surface area contributed by atoms with Gasteiger partial charge in [0.2, 0.25) is 11.8 Å². The molecule has 5 heteroatoms. The third-order valence-electron chi connectivity index (χ3n) is 3.76. The Bertz CT molecular complexity index is 511. The summed E-state index contributed by atoms with van der Waals surface area (Å²) in [6.45, 7) is 2.46. The van der Waals surface area contributed by atoms with Crippen molar-refractivity contribution in [2.45, 2.75) is 19.8 Å². The molecule has 1 saturated carbocycles. The van der Waals surface area contributed by atoms with Crippen LogP contribution >= 0.6 is 0 Å². The van der Waals surface area contributed by atoms with Gasteiger partial charge in [-0.2, -0.15) is 0 Å². The zero-order valence-corrected chi connectivity index (χ0v) is 12.8. The SMILES string of the molecule is C[C@@H]1C[C@H]1C(=O)NCCC(=O)Nc1ccc(N(C)C)cc1. The van der Waals surface area contributed by atoms with Gasteiger partial charge in [0.15, 0.2) is 0 Å². The van der Waals surface area contributed by atoms with Gasteiger partial charge in [-0.05, 0) is 36.6 Å². The van der Waals surface area contributed by atoms with Crippen molar-refractivity contribution in [2.24, 2.45) is 11.8 Å². The van der Waals surface area contributed by atoms with E-state index >= 15 is 0 Å². The first-order chi connectivity index (χ1) is 9.97. The summed E-state index contributed by atoms with van der Waals surface area (Å²) in [6.07, 6.45) is 1.26. The van der Waals surface area contributed by atoms with E-state index in [1.165, 1.54) is 0 Å². The maximum Gasteiger partial charge on any atom is 0.226 e. The average Bonchev–Trinajstić information content (AvgIpc) is 3.16. The second-order valence-corrected chi connectivity index (χ2v) is 5.85. The molecule has 0 aliphatic heterocycles. The molecule has 0 saturated heterocycles. The highest BCUT2D eigenvalue weighted by Crippen LogP contribution is 2.37. The van der Waals surface area contributed by atoms with Gasteiger partial charge in [0.25, 0.3) is 0 Å². The molecular formula is C16H23N3O2. The van der Waals surface area contributed by atoms with E-state index < -0.39 is 0 Å². The Balaban J connectivity index is 1.70. The molecule has 0 spiro atoms. The number of anilines is 2. The Morgan fingerprint density at radius 1 is 1.24 bits per heavy atom. The largest absolute Gasteiger partial charge is 0.378 e. The molecule has 2 amide bonds. The van der Waals surface area contributed by atoms with Gasteiger partial charge in [-0.3, -0.25) is 9.59 Å². The lowest BCUT2D eigenvalue weighted by molar-refractivity contribution is -0.122. The summed E-state index contributed by atoms with van der Waals surface area (Å²) in [4.78, 5) is 25.4. The fourth-order valence-electron chi connectivity index (χ4n) is 2.18. The van der Waals surface area contributed by atoms with Crippen LogP contribution in [-0.4, -0.2) is 32.5 Å². The molecule has 0 aromatic heterocycles. The number of nitrogens with one attached hydrogen (secondary N) is 2. The molecule has 1 fully saturated rings. The molecule has 114 valence electrons. The fourth-order valence-corrected chi connectivity index (χ4v) is 2.18. The topological polar surface area (TPSA) is 61.4 Å². The van der Waals surface area contributed by atoms with E-state index in [1.807, 2.05) is 43.3 Å². The predicted octanol–water partition coefficient (Wildman–Crippen LogP) is 1.85. The van der Waals surface area contributed by atoms with E-state index in [0.717, 1.165) is 17.8 Å². The van der Waals surface area contributed by atoms with Crippen LogP contribution < -0.4 is 15.5 Å². The summed E-state index contributed by atoms with van der Waals surface area (Å²) in [6, 6.07) is 7.65. The van der Waals surface area contributed by atoms with Crippen LogP contribution in [0.25, 0.3) is 0 Å². The normalized spacial score (nSPS) is 19.8. The maximum absolute atomic E-state index is 11.8. The monoisotopic (exact) mass is 289 g/mol. The van der Waals surface area contributed by atoms with Crippen LogP contribution in [0.1, 0.15) is 19.8 Å². The van der Waals surface area contributed by atoms with Gasteiger partial charge < -0.3 is 15.5 Å². The quantitative estimate of drug-likeness (QED) is 0.840. The Kier molecular flexibility index (Phi) is 4.83. The van der Waals surface area contributed by atoms with E-state index in [4.69, 9.17) is 0 Å². The van der Waals surface area contributed by atoms with Gasteiger partial charge >= 0.3 is 0 Å². The predicted molar refractivity (Wildman–Crippen MR) is 84.3 cm³/mol. The van der Waals surface area contributed by atoms with Crippen LogP contribution in [0.15, 0.2) is 24.3 Å². The number of benzene rings is 1. The van der Waals surface area contributed by atoms with E-state index in [2.05, 4.69) is 17.6 Å². The van der Waals surface area contributed by atoms with Crippen LogP contribution in [0.3, 0.4) is 0 Å². The summed E-state index contributed by atoms with van der Waals surface area (Å²) >= 11 is 0. The highest BCUT2D eigenvalue weighted by molar-refractivity contribution is 5.91. The van der Waals surface area contributed by atoms with Crippen molar-refractivity contribution < 1.29 is 9.59 Å². The number of hydrogen-bond donors (Lipinski definition) is 2. The van der Waals surface area contributed by atoms with Crippen LogP contribution in [-0.2, 0) is 9.59 Å². The van der Waals surface area contributed by atoms with Gasteiger partial charge in [0, 0.05) is 44.4 Å². The Hall–Kier alpha value is -2.04. The molecule has 0 heterocycles. The zero-order chi connectivity index (χ0) is 15.4. The minimum absolute atomic E-state index is 0.0747. The number of carbonyl (C=O) groups excluding carboxylic acids is 2. The van der Waals surface area contributed by atoms with Gasteiger partial charge in [0.1, 0.15) is 0 Å². The van der Waals surface area contributed by atoms with Crippen LogP contribution in [0.4, 0.5) is 11.4 Å². The number of hydrogen-bond acceptors (Lipinski definition) is 3. The smallest absolute Gasteiger partial charge is 0.226 e. The van der Waals surface area contributed by atoms with E-state index in [1.54, 1.807) is 0 Å². The minimum atomic E-state index is -0.0863. The Morgan fingerprint density at radius 3 is 2.38 bits per heavy atom. The average molecular weight is 289 g/mol. The lowest BCUT2D eigenvalue weighted by atomic mass is 10.2. The molecule has 1 aliphatic rings. The Morgan fingerprint density at radius 2 is 1.86 bits per heavy atom. The minimum Gasteiger partial charge on any atom is -0.378 e. The molecule has 1 aromatic carbocycles. The fraction of sp³-hybridized carbons (Fsp3) is 0.500. The standard InChI is InChI=1S/C16H23N3O2/c1-11-10-14(11)16(21)17-9-8-15(20)18-12-4-6-13(7-5-12)19(2)3/h4-7,11,14H,8-10H2,1-3H3,(H,17,21)(H,18,20)/t11-,14-/m1/s1. The van der Waals surface area contributed by atoms with Crippen molar-refractivity contribution >= 4 is 23.2 Å². The lowest BCUT2D eigenvalue weighted by Gasteiger charge is -2.13. The molecule has 2 rings (SSSR count). The third-order valence-corrected chi connectivity index (χ3v) is 3.76. The summed E-state index contributed by atoms with van der Waals surface area (Å²) in [5, 5.41) is 5.64. The maximum atomic E-state index is 11.8. The molecule has 21 heavy (non-hydrogen) atoms. The number of amides is 2. The molecule has 5 nitrogen and oxygen atoms in total. The molecular weight excluding hydrogens is 266 g/mol. The van der Waals surface area contributed by atoms with Crippen LogP contribution in [0.5, 0.6) is 0 Å². The number of rotatable bonds is 6. The molecule has 2 atom stereocenters. The van der Waals surface area contributed by atoms with Gasteiger partial charge in [-0.15, -0.1) is 0 Å². The molecule has 2 N–H and O–H groups in total. The molecule has 1 aromatic rings. The van der Waals surface area contributed by atoms with Crippen molar-refractivity contribution in [1.29, 1.82) is 0 Å².